The zero-order valence-corrected chi connectivity index (χ0v) is 20.3. The van der Waals surface area contributed by atoms with Gasteiger partial charge in [-0.15, -0.1) is 0 Å². The molecule has 36 heavy (non-hydrogen) atoms. The van der Waals surface area contributed by atoms with Gasteiger partial charge in [0.1, 0.15) is 11.5 Å². The summed E-state index contributed by atoms with van der Waals surface area (Å²) in [6, 6.07) is 11.7. The highest BCUT2D eigenvalue weighted by Crippen LogP contribution is 2.31. The lowest BCUT2D eigenvalue weighted by molar-refractivity contribution is 0.0172. The monoisotopic (exact) mass is 514 g/mol. The highest BCUT2D eigenvalue weighted by molar-refractivity contribution is 7.90. The van der Waals surface area contributed by atoms with Gasteiger partial charge in [0.15, 0.2) is 9.84 Å². The molecule has 4 rings (SSSR count). The number of amides is 1. The van der Waals surface area contributed by atoms with E-state index in [1.807, 2.05) is 0 Å². The molecule has 0 spiro atoms. The van der Waals surface area contributed by atoms with Gasteiger partial charge in [0, 0.05) is 24.3 Å². The molecule has 7 nitrogen and oxygen atoms in total. The molecule has 0 unspecified atom stereocenters. The number of hydrogen-bond acceptors (Lipinski definition) is 6. The van der Waals surface area contributed by atoms with Gasteiger partial charge in [-0.1, -0.05) is 12.1 Å². The molecule has 0 saturated carbocycles. The second kappa shape index (κ2) is 9.30. The molecule has 0 aliphatic rings. The summed E-state index contributed by atoms with van der Waals surface area (Å²) >= 11 is 0. The van der Waals surface area contributed by atoms with Crippen molar-refractivity contribution >= 4 is 26.8 Å². The van der Waals surface area contributed by atoms with Crippen LogP contribution in [-0.4, -0.2) is 35.5 Å². The largest absolute Gasteiger partial charge is 0.344 e. The Bertz CT molecular complexity index is 1570. The fraction of sp³-hybridized carbons (Fsp3) is 0.200. The van der Waals surface area contributed by atoms with Crippen LogP contribution in [0.15, 0.2) is 65.7 Å². The highest BCUT2D eigenvalue weighted by Gasteiger charge is 2.28. The molecule has 0 aliphatic carbocycles. The first kappa shape index (κ1) is 25.2. The molecule has 0 fully saturated rings. The van der Waals surface area contributed by atoms with Crippen molar-refractivity contribution in [2.75, 3.05) is 6.26 Å². The number of para-hydroxylation sites is 2. The Hall–Kier alpha value is -3.86. The quantitative estimate of drug-likeness (QED) is 0.395. The van der Waals surface area contributed by atoms with Crippen LogP contribution in [0.3, 0.4) is 0 Å². The number of carbonyl (C=O) groups is 1. The minimum absolute atomic E-state index is 0.253. The number of aromatic nitrogens is 3. The first-order chi connectivity index (χ1) is 16.8. The van der Waals surface area contributed by atoms with Crippen LogP contribution < -0.4 is 5.32 Å². The number of rotatable bonds is 6. The predicted molar refractivity (Wildman–Crippen MR) is 128 cm³/mol. The van der Waals surface area contributed by atoms with E-state index in [1.54, 1.807) is 31.2 Å². The number of fused-ring (bicyclic) bond motifs is 1. The van der Waals surface area contributed by atoms with Gasteiger partial charge in [0.25, 0.3) is 11.8 Å². The number of hydrogen-bond donors (Lipinski definition) is 1. The van der Waals surface area contributed by atoms with Crippen molar-refractivity contribution in [2.45, 2.75) is 30.7 Å². The van der Waals surface area contributed by atoms with Crippen LogP contribution in [0.5, 0.6) is 0 Å². The Labute approximate surface area is 205 Å². The smallest absolute Gasteiger partial charge is 0.270 e. The summed E-state index contributed by atoms with van der Waals surface area (Å²) in [6.07, 6.45) is 1.90. The van der Waals surface area contributed by atoms with E-state index in [2.05, 4.69) is 20.3 Å². The Kier molecular flexibility index (Phi) is 6.52. The fourth-order valence-corrected chi connectivity index (χ4v) is 4.25. The lowest BCUT2D eigenvalue weighted by atomic mass is 10.0. The molecule has 1 amide bonds. The topological polar surface area (TPSA) is 102 Å². The molecule has 1 atom stereocenters. The molecule has 0 bridgehead atoms. The van der Waals surface area contributed by atoms with Crippen LogP contribution in [0.4, 0.5) is 13.2 Å². The lowest BCUT2D eigenvalue weighted by Gasteiger charge is -2.18. The second-order valence-electron chi connectivity index (χ2n) is 8.41. The molecule has 2 aromatic heterocycles. The normalized spacial score (nSPS) is 12.9. The summed E-state index contributed by atoms with van der Waals surface area (Å²) in [4.78, 5) is 25.9. The van der Waals surface area contributed by atoms with Gasteiger partial charge in [-0.25, -0.2) is 31.6 Å². The molecule has 0 saturated heterocycles. The third-order valence-corrected chi connectivity index (χ3v) is 6.52. The molecule has 11 heteroatoms. The van der Waals surface area contributed by atoms with Crippen molar-refractivity contribution in [3.05, 3.63) is 83.4 Å². The van der Waals surface area contributed by atoms with Crippen molar-refractivity contribution in [1.82, 2.24) is 20.3 Å². The standard InChI is InChI=1S/C25H21F3N4O3S/c1-14(30-24(33)15-10-16(25(2,27)28)12-18(11-15)36(3,34)35)22-23(21-9-8-17(26)13-29-21)32-20-7-5-4-6-19(20)31-22/h4-14H,1-3H3,(H,30,33)/t14-/m0/s1. The molecule has 4 aromatic rings. The number of benzene rings is 2. The summed E-state index contributed by atoms with van der Waals surface area (Å²) in [7, 11) is -3.87. The molecular weight excluding hydrogens is 493 g/mol. The average Bonchev–Trinajstić information content (AvgIpc) is 2.82. The maximum atomic E-state index is 14.0. The lowest BCUT2D eigenvalue weighted by Crippen LogP contribution is -2.28. The summed E-state index contributed by atoms with van der Waals surface area (Å²) in [5.41, 5.74) is 1.15. The second-order valence-corrected chi connectivity index (χ2v) is 10.4. The third-order valence-electron chi connectivity index (χ3n) is 5.43. The van der Waals surface area contributed by atoms with E-state index in [1.165, 1.54) is 12.1 Å². The fourth-order valence-electron chi connectivity index (χ4n) is 3.57. The number of sulfone groups is 1. The number of carbonyl (C=O) groups excluding carboxylic acids is 1. The van der Waals surface area contributed by atoms with E-state index >= 15 is 0 Å². The molecule has 2 heterocycles. The van der Waals surface area contributed by atoms with E-state index in [4.69, 9.17) is 0 Å². The number of pyridine rings is 1. The highest BCUT2D eigenvalue weighted by atomic mass is 32.2. The Morgan fingerprint density at radius 3 is 2.28 bits per heavy atom. The molecule has 2 aromatic carbocycles. The van der Waals surface area contributed by atoms with Crippen molar-refractivity contribution < 1.29 is 26.4 Å². The molecule has 186 valence electrons. The van der Waals surface area contributed by atoms with E-state index in [-0.39, 0.29) is 5.56 Å². The van der Waals surface area contributed by atoms with Crippen molar-refractivity contribution in [1.29, 1.82) is 0 Å². The zero-order valence-electron chi connectivity index (χ0n) is 19.5. The number of halogens is 3. The van der Waals surface area contributed by atoms with Crippen LogP contribution in [0.2, 0.25) is 0 Å². The maximum Gasteiger partial charge on any atom is 0.270 e. The van der Waals surface area contributed by atoms with E-state index in [0.717, 1.165) is 30.7 Å². The number of nitrogens with zero attached hydrogens (tertiary/aromatic N) is 3. The van der Waals surface area contributed by atoms with Gasteiger partial charge < -0.3 is 5.32 Å². The average molecular weight is 515 g/mol. The van der Waals surface area contributed by atoms with Crippen LogP contribution in [0.1, 0.15) is 41.5 Å². The predicted octanol–water partition coefficient (Wildman–Crippen LogP) is 4.84. The van der Waals surface area contributed by atoms with Gasteiger partial charge in [0.2, 0.25) is 0 Å². The summed E-state index contributed by atoms with van der Waals surface area (Å²) < 4.78 is 65.6. The van der Waals surface area contributed by atoms with Crippen molar-refractivity contribution in [2.24, 2.45) is 0 Å². The minimum atomic E-state index is -3.87. The number of nitrogens with one attached hydrogen (secondary N) is 1. The van der Waals surface area contributed by atoms with Crippen LogP contribution in [-0.2, 0) is 15.8 Å². The Balaban J connectivity index is 1.76. The first-order valence-electron chi connectivity index (χ1n) is 10.8. The number of alkyl halides is 2. The molecular formula is C25H21F3N4O3S. The summed E-state index contributed by atoms with van der Waals surface area (Å²) in [6.45, 7) is 2.23. The van der Waals surface area contributed by atoms with Gasteiger partial charge >= 0.3 is 0 Å². The van der Waals surface area contributed by atoms with Crippen LogP contribution in [0, 0.1) is 5.82 Å². The first-order valence-corrected chi connectivity index (χ1v) is 12.6. The Morgan fingerprint density at radius 2 is 1.69 bits per heavy atom. The summed E-state index contributed by atoms with van der Waals surface area (Å²) in [5, 5.41) is 2.67. The molecule has 0 radical (unpaired) electrons. The van der Waals surface area contributed by atoms with E-state index in [9.17, 15) is 26.4 Å². The summed E-state index contributed by atoms with van der Waals surface area (Å²) in [5.74, 6) is -4.69. The van der Waals surface area contributed by atoms with Crippen molar-refractivity contribution in [3.63, 3.8) is 0 Å². The minimum Gasteiger partial charge on any atom is -0.344 e. The van der Waals surface area contributed by atoms with Gasteiger partial charge in [-0.05, 0) is 49.4 Å². The maximum absolute atomic E-state index is 14.0. The van der Waals surface area contributed by atoms with E-state index in [0.29, 0.717) is 35.0 Å². The van der Waals surface area contributed by atoms with Gasteiger partial charge in [-0.3, -0.25) is 9.78 Å². The van der Waals surface area contributed by atoms with Crippen LogP contribution in [0.25, 0.3) is 22.4 Å². The third kappa shape index (κ3) is 5.35. The molecule has 1 N–H and O–H groups in total. The van der Waals surface area contributed by atoms with Crippen LogP contribution >= 0.6 is 0 Å². The van der Waals surface area contributed by atoms with E-state index < -0.39 is 44.0 Å². The van der Waals surface area contributed by atoms with Gasteiger partial charge in [-0.2, -0.15) is 0 Å². The zero-order chi connectivity index (χ0) is 26.3. The Morgan fingerprint density at radius 1 is 1.03 bits per heavy atom. The molecule has 0 aliphatic heterocycles. The van der Waals surface area contributed by atoms with Gasteiger partial charge in [0.05, 0.1) is 39.6 Å². The SMILES string of the molecule is C[C@H](NC(=O)c1cc(C(C)(F)F)cc(S(C)(=O)=O)c1)c1nc2ccccc2nc1-c1ccc(F)cn1. The van der Waals surface area contributed by atoms with Crippen molar-refractivity contribution in [3.8, 4) is 11.4 Å².